The number of fused-ring (bicyclic) bond motifs is 3. The molecule has 1 unspecified atom stereocenters. The van der Waals surface area contributed by atoms with Crippen LogP contribution in [-0.2, 0) is 6.42 Å². The molecule has 3 heteroatoms. The maximum atomic E-state index is 13.1. The Morgan fingerprint density at radius 1 is 1.33 bits per heavy atom. The van der Waals surface area contributed by atoms with Crippen molar-refractivity contribution in [1.29, 1.82) is 0 Å². The van der Waals surface area contributed by atoms with Crippen molar-refractivity contribution >= 4 is 0 Å². The molecule has 0 saturated carbocycles. The molecule has 2 nitrogen and oxygen atoms in total. The Morgan fingerprint density at radius 3 is 3.20 bits per heavy atom. The Hall–Kier alpha value is -0.930. The summed E-state index contributed by atoms with van der Waals surface area (Å²) in [7, 11) is 0. The van der Waals surface area contributed by atoms with Gasteiger partial charge in [0.15, 0.2) is 0 Å². The third-order valence-electron chi connectivity index (χ3n) is 3.49. The first-order chi connectivity index (χ1) is 7.34. The average Bonchev–Trinajstić information content (AvgIpc) is 2.28. The van der Waals surface area contributed by atoms with E-state index >= 15 is 0 Å². The van der Waals surface area contributed by atoms with Crippen molar-refractivity contribution in [3.63, 3.8) is 0 Å². The summed E-state index contributed by atoms with van der Waals surface area (Å²) in [5.41, 5.74) is 2.51. The van der Waals surface area contributed by atoms with Crippen molar-refractivity contribution in [2.24, 2.45) is 0 Å². The van der Waals surface area contributed by atoms with Crippen LogP contribution in [0.3, 0.4) is 0 Å². The first kappa shape index (κ1) is 9.31. The van der Waals surface area contributed by atoms with Gasteiger partial charge in [-0.15, -0.1) is 0 Å². The molecule has 0 aliphatic carbocycles. The number of halogens is 1. The van der Waals surface area contributed by atoms with Gasteiger partial charge in [0.1, 0.15) is 5.82 Å². The summed E-state index contributed by atoms with van der Waals surface area (Å²) in [6, 6.07) is 5.69. The van der Waals surface area contributed by atoms with Crippen LogP contribution in [0.15, 0.2) is 18.2 Å². The highest BCUT2D eigenvalue weighted by Gasteiger charge is 2.29. The highest BCUT2D eigenvalue weighted by atomic mass is 19.1. The number of rotatable bonds is 0. The number of hydrogen-bond acceptors (Lipinski definition) is 2. The van der Waals surface area contributed by atoms with Gasteiger partial charge in [0.2, 0.25) is 0 Å². The maximum Gasteiger partial charge on any atom is 0.123 e. The van der Waals surface area contributed by atoms with Gasteiger partial charge >= 0.3 is 0 Å². The van der Waals surface area contributed by atoms with E-state index in [1.54, 1.807) is 12.1 Å². The van der Waals surface area contributed by atoms with E-state index in [0.29, 0.717) is 6.04 Å². The molecule has 3 rings (SSSR count). The molecule has 1 N–H and O–H groups in total. The molecular weight excluding hydrogens is 191 g/mol. The molecule has 1 atom stereocenters. The van der Waals surface area contributed by atoms with Gasteiger partial charge in [-0.25, -0.2) is 4.39 Å². The standard InChI is InChI=1S/C12H15FN2/c13-10-1-2-11-9(7-10)3-5-15-6-4-14-8-12(11)15/h1-2,7,12,14H,3-6,8H2. The van der Waals surface area contributed by atoms with E-state index in [-0.39, 0.29) is 5.82 Å². The summed E-state index contributed by atoms with van der Waals surface area (Å²) in [5.74, 6) is -0.106. The van der Waals surface area contributed by atoms with Crippen molar-refractivity contribution in [1.82, 2.24) is 10.2 Å². The molecule has 1 aromatic rings. The van der Waals surface area contributed by atoms with Crippen LogP contribution in [0.4, 0.5) is 4.39 Å². The lowest BCUT2D eigenvalue weighted by molar-refractivity contribution is 0.151. The van der Waals surface area contributed by atoms with Crippen molar-refractivity contribution in [2.45, 2.75) is 12.5 Å². The van der Waals surface area contributed by atoms with Crippen molar-refractivity contribution in [2.75, 3.05) is 26.2 Å². The third kappa shape index (κ3) is 1.56. The lowest BCUT2D eigenvalue weighted by Gasteiger charge is -2.40. The fourth-order valence-electron chi connectivity index (χ4n) is 2.70. The minimum Gasteiger partial charge on any atom is -0.314 e. The molecule has 1 aromatic carbocycles. The van der Waals surface area contributed by atoms with Crippen LogP contribution in [0.25, 0.3) is 0 Å². The zero-order valence-electron chi connectivity index (χ0n) is 8.67. The molecule has 2 aliphatic rings. The molecule has 15 heavy (non-hydrogen) atoms. The highest BCUT2D eigenvalue weighted by molar-refractivity contribution is 5.33. The van der Waals surface area contributed by atoms with E-state index in [0.717, 1.165) is 32.6 Å². The van der Waals surface area contributed by atoms with Crippen LogP contribution in [0.1, 0.15) is 17.2 Å². The Morgan fingerprint density at radius 2 is 2.27 bits per heavy atom. The Balaban J connectivity index is 1.99. The van der Waals surface area contributed by atoms with Crippen LogP contribution in [0.2, 0.25) is 0 Å². The largest absolute Gasteiger partial charge is 0.314 e. The second-order valence-electron chi connectivity index (χ2n) is 4.35. The summed E-state index contributed by atoms with van der Waals surface area (Å²) in [4.78, 5) is 2.50. The SMILES string of the molecule is Fc1ccc2c(c1)CCN1CCNCC21. The number of nitrogens with zero attached hydrogens (tertiary/aromatic N) is 1. The van der Waals surface area contributed by atoms with Gasteiger partial charge in [-0.1, -0.05) is 6.07 Å². The first-order valence-electron chi connectivity index (χ1n) is 5.58. The van der Waals surface area contributed by atoms with E-state index in [4.69, 9.17) is 0 Å². The van der Waals surface area contributed by atoms with E-state index < -0.39 is 0 Å². The molecule has 0 bridgehead atoms. The number of nitrogens with one attached hydrogen (secondary N) is 1. The van der Waals surface area contributed by atoms with E-state index in [1.165, 1.54) is 11.1 Å². The van der Waals surface area contributed by atoms with Gasteiger partial charge in [-0.2, -0.15) is 0 Å². The molecule has 1 fully saturated rings. The molecule has 2 heterocycles. The Kier molecular flexibility index (Phi) is 2.22. The predicted octanol–water partition coefficient (Wildman–Crippen LogP) is 1.33. The first-order valence-corrected chi connectivity index (χ1v) is 5.58. The van der Waals surface area contributed by atoms with Gasteiger partial charge in [-0.3, -0.25) is 4.90 Å². The molecule has 0 radical (unpaired) electrons. The van der Waals surface area contributed by atoms with Gasteiger partial charge in [-0.05, 0) is 29.7 Å². The van der Waals surface area contributed by atoms with Crippen LogP contribution in [-0.4, -0.2) is 31.1 Å². The lowest BCUT2D eigenvalue weighted by Crippen LogP contribution is -2.48. The highest BCUT2D eigenvalue weighted by Crippen LogP contribution is 2.30. The number of hydrogen-bond donors (Lipinski definition) is 1. The molecule has 1 saturated heterocycles. The topological polar surface area (TPSA) is 15.3 Å². The van der Waals surface area contributed by atoms with Gasteiger partial charge in [0, 0.05) is 32.2 Å². The van der Waals surface area contributed by atoms with E-state index in [1.807, 2.05) is 6.07 Å². The van der Waals surface area contributed by atoms with Crippen molar-refractivity contribution in [3.8, 4) is 0 Å². The minimum atomic E-state index is -0.106. The summed E-state index contributed by atoms with van der Waals surface area (Å²) < 4.78 is 13.1. The summed E-state index contributed by atoms with van der Waals surface area (Å²) in [6.07, 6.45) is 0.990. The van der Waals surface area contributed by atoms with Crippen LogP contribution >= 0.6 is 0 Å². The fraction of sp³-hybridized carbons (Fsp3) is 0.500. The molecule has 0 amide bonds. The average molecular weight is 206 g/mol. The molecule has 0 spiro atoms. The van der Waals surface area contributed by atoms with Gasteiger partial charge in [0.25, 0.3) is 0 Å². The third-order valence-corrected chi connectivity index (χ3v) is 3.49. The predicted molar refractivity (Wildman–Crippen MR) is 57.3 cm³/mol. The summed E-state index contributed by atoms with van der Waals surface area (Å²) >= 11 is 0. The second kappa shape index (κ2) is 3.58. The van der Waals surface area contributed by atoms with Crippen molar-refractivity contribution in [3.05, 3.63) is 35.1 Å². The molecule has 2 aliphatic heterocycles. The maximum absolute atomic E-state index is 13.1. The van der Waals surface area contributed by atoms with Gasteiger partial charge in [0.05, 0.1) is 0 Å². The van der Waals surface area contributed by atoms with Crippen LogP contribution in [0.5, 0.6) is 0 Å². The van der Waals surface area contributed by atoms with Crippen LogP contribution < -0.4 is 5.32 Å². The monoisotopic (exact) mass is 206 g/mol. The smallest absolute Gasteiger partial charge is 0.123 e. The molecule has 80 valence electrons. The Labute approximate surface area is 89.1 Å². The number of benzene rings is 1. The summed E-state index contributed by atoms with van der Waals surface area (Å²) in [5, 5.41) is 3.40. The van der Waals surface area contributed by atoms with E-state index in [9.17, 15) is 4.39 Å². The van der Waals surface area contributed by atoms with Crippen LogP contribution in [0, 0.1) is 5.82 Å². The second-order valence-corrected chi connectivity index (χ2v) is 4.35. The normalized spacial score (nSPS) is 25.8. The quantitative estimate of drug-likeness (QED) is 0.689. The molecule has 0 aromatic heterocycles. The van der Waals surface area contributed by atoms with Crippen molar-refractivity contribution < 1.29 is 4.39 Å². The number of piperazine rings is 1. The zero-order chi connectivity index (χ0) is 10.3. The van der Waals surface area contributed by atoms with Gasteiger partial charge < -0.3 is 5.32 Å². The minimum absolute atomic E-state index is 0.106. The fourth-order valence-corrected chi connectivity index (χ4v) is 2.70. The molecular formula is C12H15FN2. The zero-order valence-corrected chi connectivity index (χ0v) is 8.67. The Bertz CT molecular complexity index is 378. The lowest BCUT2D eigenvalue weighted by atomic mass is 9.91. The van der Waals surface area contributed by atoms with E-state index in [2.05, 4.69) is 10.2 Å². The summed E-state index contributed by atoms with van der Waals surface area (Å²) in [6.45, 7) is 4.26.